The molecule has 0 bridgehead atoms. The number of esters is 2. The quantitative estimate of drug-likeness (QED) is 0.0373. The summed E-state index contributed by atoms with van der Waals surface area (Å²) < 4.78 is 10.8. The van der Waals surface area contributed by atoms with Gasteiger partial charge in [0.05, 0.1) is 6.61 Å². The fourth-order valence-electron chi connectivity index (χ4n) is 12.3. The van der Waals surface area contributed by atoms with Gasteiger partial charge >= 0.3 is 11.9 Å². The normalized spacial score (nSPS) is 12.5. The minimum absolute atomic E-state index is 0.0610. The largest absolute Gasteiger partial charge is 0.462 e. The molecule has 0 aromatic heterocycles. The summed E-state index contributed by atoms with van der Waals surface area (Å²) >= 11 is 0. The molecule has 1 N–H and O–H groups in total. The Morgan fingerprint density at radius 3 is 0.730 bits per heavy atom. The average molecular weight is 1240 g/mol. The van der Waals surface area contributed by atoms with Gasteiger partial charge in [-0.1, -0.05) is 427 Å². The van der Waals surface area contributed by atoms with Crippen molar-refractivity contribution in [3.63, 3.8) is 0 Å². The zero-order chi connectivity index (χ0) is 64.0. The lowest BCUT2D eigenvalue weighted by atomic mass is 10.0. The van der Waals surface area contributed by atoms with Crippen LogP contribution in [0, 0.1) is 0 Å². The number of unbranched alkanes of at least 4 members (excludes halogenated alkanes) is 55. The molecule has 0 radical (unpaired) electrons. The number of ether oxygens (including phenoxy) is 2. The van der Waals surface area contributed by atoms with Crippen LogP contribution in [0.5, 0.6) is 0 Å². The minimum Gasteiger partial charge on any atom is -0.462 e. The maximum Gasteiger partial charge on any atom is 0.306 e. The van der Waals surface area contributed by atoms with Crippen molar-refractivity contribution in [3.8, 4) is 0 Å². The molecule has 0 fully saturated rings. The molecule has 89 heavy (non-hydrogen) atoms. The van der Waals surface area contributed by atoms with Crippen LogP contribution >= 0.6 is 0 Å². The number of hydrogen-bond donors (Lipinski definition) is 1. The van der Waals surface area contributed by atoms with Crippen molar-refractivity contribution in [2.75, 3.05) is 13.2 Å². The highest BCUT2D eigenvalue weighted by atomic mass is 16.6. The molecule has 5 heteroatoms. The van der Waals surface area contributed by atoms with Gasteiger partial charge in [-0.15, -0.1) is 0 Å². The molecule has 0 amide bonds. The SMILES string of the molecule is CC/C=C\C/C=C\C/C=C\C/C=C\C/C=C\C/C=C\CCCCCCCCCCCCCCCCCCCCC(=O)OC(CO)COC(=O)CCCCCCCCCCCCCCCCCCCCCCCCCCCCCCCCCCCCCCCC. The minimum atomic E-state index is -0.773. The van der Waals surface area contributed by atoms with Gasteiger partial charge in [-0.2, -0.15) is 0 Å². The van der Waals surface area contributed by atoms with E-state index in [9.17, 15) is 14.7 Å². The van der Waals surface area contributed by atoms with Crippen molar-refractivity contribution < 1.29 is 24.2 Å². The highest BCUT2D eigenvalue weighted by Crippen LogP contribution is 2.20. The number of aliphatic hydroxyl groups is 1. The van der Waals surface area contributed by atoms with E-state index in [-0.39, 0.29) is 25.2 Å². The maximum atomic E-state index is 12.4. The Kier molecular flexibility index (Phi) is 77.2. The molecule has 1 unspecified atom stereocenters. The van der Waals surface area contributed by atoms with E-state index in [4.69, 9.17) is 9.47 Å². The number of allylic oxidation sites excluding steroid dienone is 12. The lowest BCUT2D eigenvalue weighted by molar-refractivity contribution is -0.161. The second-order valence-corrected chi connectivity index (χ2v) is 27.1. The van der Waals surface area contributed by atoms with E-state index in [0.717, 1.165) is 70.6 Å². The maximum absolute atomic E-state index is 12.4. The monoisotopic (exact) mass is 1240 g/mol. The van der Waals surface area contributed by atoms with Gasteiger partial charge in [0.15, 0.2) is 6.10 Å². The standard InChI is InChI=1S/C84H154O5/c1-3-5-7-9-11-13-15-17-19-21-23-25-27-29-31-33-35-37-39-41-43-44-46-48-50-52-54-56-58-60-62-64-66-68-70-72-74-76-78-83(86)88-81-82(80-85)89-84(87)79-77-75-73-71-69-67-65-63-61-59-57-55-53-51-49-47-45-42-40-38-36-34-32-30-28-26-24-22-20-18-16-14-12-10-8-6-4-2/h6,8,12,14,18,20,24,26,30,32,36,38,82,85H,3-5,7,9-11,13,15-17,19,21-23,25,27-29,31,33-35,37,39-81H2,1-2H3/b8-6-,14-12-,20-18-,26-24-,32-30-,38-36-. The van der Waals surface area contributed by atoms with Gasteiger partial charge in [0.1, 0.15) is 6.61 Å². The Hall–Kier alpha value is -2.66. The summed E-state index contributed by atoms with van der Waals surface area (Å²) in [5.74, 6) is -0.567. The van der Waals surface area contributed by atoms with E-state index in [2.05, 4.69) is 86.8 Å². The smallest absolute Gasteiger partial charge is 0.306 e. The van der Waals surface area contributed by atoms with E-state index in [1.807, 2.05) is 0 Å². The highest BCUT2D eigenvalue weighted by Gasteiger charge is 2.16. The van der Waals surface area contributed by atoms with Crippen molar-refractivity contribution >= 4 is 11.9 Å². The van der Waals surface area contributed by atoms with Gasteiger partial charge < -0.3 is 14.6 Å². The molecule has 0 aromatic carbocycles. The van der Waals surface area contributed by atoms with E-state index in [0.29, 0.717) is 12.8 Å². The second-order valence-electron chi connectivity index (χ2n) is 27.1. The molecule has 0 saturated heterocycles. The third-order valence-electron chi connectivity index (χ3n) is 18.3. The summed E-state index contributed by atoms with van der Waals surface area (Å²) in [6.45, 7) is 4.09. The number of rotatable bonds is 75. The second kappa shape index (κ2) is 79.6. The molecule has 1 atom stereocenters. The van der Waals surface area contributed by atoms with Crippen LogP contribution in [0.2, 0.25) is 0 Å². The van der Waals surface area contributed by atoms with Crippen molar-refractivity contribution in [2.24, 2.45) is 0 Å². The molecular formula is C84H154O5. The number of carbonyl (C=O) groups excluding carboxylic acids is 2. The number of hydrogen-bond acceptors (Lipinski definition) is 5. The van der Waals surface area contributed by atoms with E-state index in [1.165, 1.54) is 334 Å². The fourth-order valence-corrected chi connectivity index (χ4v) is 12.3. The molecule has 0 spiro atoms. The average Bonchev–Trinajstić information content (AvgIpc) is 3.55. The van der Waals surface area contributed by atoms with Gasteiger partial charge in [-0.05, 0) is 64.2 Å². The van der Waals surface area contributed by atoms with Crippen LogP contribution in [0.25, 0.3) is 0 Å². The zero-order valence-electron chi connectivity index (χ0n) is 60.0. The van der Waals surface area contributed by atoms with E-state index >= 15 is 0 Å². The van der Waals surface area contributed by atoms with Crippen molar-refractivity contribution in [3.05, 3.63) is 72.9 Å². The molecule has 0 saturated carbocycles. The Labute approximate surface area is 556 Å². The van der Waals surface area contributed by atoms with Crippen LogP contribution in [-0.2, 0) is 19.1 Å². The molecular weight excluding hydrogens is 1090 g/mol. The Morgan fingerprint density at radius 1 is 0.270 bits per heavy atom. The summed E-state index contributed by atoms with van der Waals surface area (Å²) in [5, 5.41) is 9.73. The molecule has 0 heterocycles. The summed E-state index contributed by atoms with van der Waals surface area (Å²) in [6.07, 6.45) is 111. The van der Waals surface area contributed by atoms with Crippen LogP contribution in [0.3, 0.4) is 0 Å². The van der Waals surface area contributed by atoms with E-state index < -0.39 is 6.10 Å². The zero-order valence-corrected chi connectivity index (χ0v) is 60.0. The van der Waals surface area contributed by atoms with Gasteiger partial charge in [0, 0.05) is 12.8 Å². The predicted octanol–water partition coefficient (Wildman–Crippen LogP) is 28.2. The Bertz CT molecular complexity index is 1550. The van der Waals surface area contributed by atoms with Gasteiger partial charge in [0.25, 0.3) is 0 Å². The van der Waals surface area contributed by atoms with Gasteiger partial charge in [0.2, 0.25) is 0 Å². The number of aliphatic hydroxyl groups excluding tert-OH is 1. The van der Waals surface area contributed by atoms with Crippen LogP contribution in [0.4, 0.5) is 0 Å². The molecule has 520 valence electrons. The lowest BCUT2D eigenvalue weighted by Crippen LogP contribution is -2.28. The highest BCUT2D eigenvalue weighted by molar-refractivity contribution is 5.70. The first-order valence-electron chi connectivity index (χ1n) is 40.0. The summed E-state index contributed by atoms with van der Waals surface area (Å²) in [7, 11) is 0. The first-order chi connectivity index (χ1) is 44.1. The van der Waals surface area contributed by atoms with Crippen LogP contribution < -0.4 is 0 Å². The third kappa shape index (κ3) is 77.7. The molecule has 0 aromatic rings. The molecule has 5 nitrogen and oxygen atoms in total. The van der Waals surface area contributed by atoms with Crippen molar-refractivity contribution in [1.29, 1.82) is 0 Å². The topological polar surface area (TPSA) is 72.8 Å². The van der Waals surface area contributed by atoms with Crippen LogP contribution in [-0.4, -0.2) is 36.4 Å². The predicted molar refractivity (Wildman–Crippen MR) is 394 cm³/mol. The van der Waals surface area contributed by atoms with Gasteiger partial charge in [-0.3, -0.25) is 9.59 Å². The van der Waals surface area contributed by atoms with Crippen molar-refractivity contribution in [2.45, 2.75) is 437 Å². The van der Waals surface area contributed by atoms with Gasteiger partial charge in [-0.25, -0.2) is 0 Å². The molecule has 0 aliphatic heterocycles. The Balaban J connectivity index is 3.38. The first-order valence-corrected chi connectivity index (χ1v) is 40.0. The third-order valence-corrected chi connectivity index (χ3v) is 18.3. The van der Waals surface area contributed by atoms with Crippen LogP contribution in [0.15, 0.2) is 72.9 Å². The fraction of sp³-hybridized carbons (Fsp3) is 0.833. The lowest BCUT2D eigenvalue weighted by Gasteiger charge is -2.15. The molecule has 0 aliphatic rings. The molecule has 0 aliphatic carbocycles. The number of carbonyl (C=O) groups is 2. The Morgan fingerprint density at radius 2 is 0.483 bits per heavy atom. The summed E-state index contributed by atoms with van der Waals surface area (Å²) in [6, 6.07) is 0. The summed E-state index contributed by atoms with van der Waals surface area (Å²) in [5.41, 5.74) is 0. The summed E-state index contributed by atoms with van der Waals surface area (Å²) in [4.78, 5) is 24.7. The van der Waals surface area contributed by atoms with Crippen molar-refractivity contribution in [1.82, 2.24) is 0 Å². The first kappa shape index (κ1) is 86.3. The van der Waals surface area contributed by atoms with E-state index in [1.54, 1.807) is 0 Å². The molecule has 0 rings (SSSR count). The van der Waals surface area contributed by atoms with Crippen LogP contribution in [0.1, 0.15) is 431 Å².